The van der Waals surface area contributed by atoms with Crippen molar-refractivity contribution in [2.24, 2.45) is 5.92 Å². The molecule has 4 rings (SSSR count). The summed E-state index contributed by atoms with van der Waals surface area (Å²) in [5.74, 6) is 0.198. The molecule has 0 spiro atoms. The van der Waals surface area contributed by atoms with Crippen LogP contribution >= 0.6 is 11.3 Å². The van der Waals surface area contributed by atoms with Crippen molar-refractivity contribution in [1.29, 1.82) is 0 Å². The van der Waals surface area contributed by atoms with E-state index >= 15 is 0 Å². The molecule has 2 aromatic rings. The number of nitrogens with zero attached hydrogens (tertiary/aromatic N) is 2. The molecule has 0 aliphatic carbocycles. The minimum Gasteiger partial charge on any atom is -0.352 e. The highest BCUT2D eigenvalue weighted by Gasteiger charge is 2.35. The quantitative estimate of drug-likeness (QED) is 0.615. The van der Waals surface area contributed by atoms with Gasteiger partial charge in [0, 0.05) is 23.4 Å². The second-order valence-corrected chi connectivity index (χ2v) is 12.2. The van der Waals surface area contributed by atoms with Gasteiger partial charge in [0.2, 0.25) is 11.8 Å². The number of benzene rings is 1. The molecule has 2 aliphatic rings. The SMILES string of the molecule is O=C(NCc1ccccc1)C1CCN(CC(=O)N(Cc2cccs2)[C@@H]2CCS(=O)(=O)C2)CC1. The van der Waals surface area contributed by atoms with Gasteiger partial charge < -0.3 is 10.2 Å². The number of sulfone groups is 1. The van der Waals surface area contributed by atoms with E-state index in [-0.39, 0.29) is 41.8 Å². The lowest BCUT2D eigenvalue weighted by Gasteiger charge is -2.34. The van der Waals surface area contributed by atoms with Gasteiger partial charge in [0.05, 0.1) is 24.6 Å². The van der Waals surface area contributed by atoms with Gasteiger partial charge in [0.15, 0.2) is 9.84 Å². The standard InChI is InChI=1S/C24H31N3O4S2/c28-23(27(16-22-7-4-13-32-22)21-10-14-33(30,31)18-21)17-26-11-8-20(9-12-26)24(29)25-15-19-5-2-1-3-6-19/h1-7,13,20-21H,8-12,14-18H2,(H,25,29)/t21-/m1/s1. The summed E-state index contributed by atoms with van der Waals surface area (Å²) >= 11 is 1.58. The largest absolute Gasteiger partial charge is 0.352 e. The molecule has 9 heteroatoms. The molecule has 7 nitrogen and oxygen atoms in total. The van der Waals surface area contributed by atoms with Crippen LogP contribution in [0.3, 0.4) is 0 Å². The van der Waals surface area contributed by atoms with Gasteiger partial charge in [0.1, 0.15) is 0 Å². The molecule has 0 radical (unpaired) electrons. The van der Waals surface area contributed by atoms with Crippen molar-refractivity contribution >= 4 is 33.0 Å². The minimum absolute atomic E-state index is 0.0301. The Bertz CT molecular complexity index is 1030. The second-order valence-electron chi connectivity index (χ2n) is 8.91. The number of hydrogen-bond acceptors (Lipinski definition) is 6. The van der Waals surface area contributed by atoms with Crippen LogP contribution in [0, 0.1) is 5.92 Å². The third-order valence-electron chi connectivity index (χ3n) is 6.50. The summed E-state index contributed by atoms with van der Waals surface area (Å²) in [7, 11) is -3.08. The first-order valence-electron chi connectivity index (χ1n) is 11.5. The molecule has 0 bridgehead atoms. The molecule has 33 heavy (non-hydrogen) atoms. The highest BCUT2D eigenvalue weighted by molar-refractivity contribution is 7.91. The molecule has 178 valence electrons. The molecular formula is C24H31N3O4S2. The summed E-state index contributed by atoms with van der Waals surface area (Å²) in [6.07, 6.45) is 1.94. The zero-order valence-corrected chi connectivity index (χ0v) is 20.3. The molecule has 1 N–H and O–H groups in total. The van der Waals surface area contributed by atoms with Gasteiger partial charge in [0.25, 0.3) is 0 Å². The first-order chi connectivity index (χ1) is 15.9. The second kappa shape index (κ2) is 10.8. The Morgan fingerprint density at radius 2 is 1.82 bits per heavy atom. The smallest absolute Gasteiger partial charge is 0.237 e. The predicted molar refractivity (Wildman–Crippen MR) is 129 cm³/mol. The van der Waals surface area contributed by atoms with Crippen molar-refractivity contribution in [2.45, 2.75) is 38.4 Å². The maximum absolute atomic E-state index is 13.2. The van der Waals surface area contributed by atoms with Crippen LogP contribution in [-0.2, 0) is 32.5 Å². The molecule has 2 aliphatic heterocycles. The number of nitrogens with one attached hydrogen (secondary N) is 1. The average Bonchev–Trinajstić information content (AvgIpc) is 3.46. The van der Waals surface area contributed by atoms with Crippen molar-refractivity contribution < 1.29 is 18.0 Å². The van der Waals surface area contributed by atoms with E-state index in [9.17, 15) is 18.0 Å². The lowest BCUT2D eigenvalue weighted by atomic mass is 9.95. The van der Waals surface area contributed by atoms with Gasteiger partial charge in [-0.1, -0.05) is 36.4 Å². The van der Waals surface area contributed by atoms with E-state index in [1.54, 1.807) is 16.2 Å². The summed E-state index contributed by atoms with van der Waals surface area (Å²) in [5, 5.41) is 4.99. The lowest BCUT2D eigenvalue weighted by Crippen LogP contribution is -2.48. The molecule has 2 saturated heterocycles. The Labute approximate surface area is 199 Å². The fourth-order valence-electron chi connectivity index (χ4n) is 4.58. The van der Waals surface area contributed by atoms with Crippen LogP contribution in [0.25, 0.3) is 0 Å². The number of likely N-dealkylation sites (tertiary alicyclic amines) is 1. The van der Waals surface area contributed by atoms with Crippen LogP contribution in [0.15, 0.2) is 47.8 Å². The van der Waals surface area contributed by atoms with Gasteiger partial charge in [-0.3, -0.25) is 14.5 Å². The zero-order valence-electron chi connectivity index (χ0n) is 18.7. The Kier molecular flexibility index (Phi) is 7.82. The highest BCUT2D eigenvalue weighted by Crippen LogP contribution is 2.23. The van der Waals surface area contributed by atoms with Crippen LogP contribution in [0.4, 0.5) is 0 Å². The molecule has 0 unspecified atom stereocenters. The van der Waals surface area contributed by atoms with E-state index in [0.717, 1.165) is 23.3 Å². The third-order valence-corrected chi connectivity index (χ3v) is 9.11. The molecule has 1 atom stereocenters. The summed E-state index contributed by atoms with van der Waals surface area (Å²) < 4.78 is 24.0. The van der Waals surface area contributed by atoms with Gasteiger partial charge in [-0.25, -0.2) is 8.42 Å². The number of thiophene rings is 1. The van der Waals surface area contributed by atoms with Crippen LogP contribution in [0.2, 0.25) is 0 Å². The lowest BCUT2D eigenvalue weighted by molar-refractivity contribution is -0.135. The van der Waals surface area contributed by atoms with E-state index in [4.69, 9.17) is 0 Å². The maximum Gasteiger partial charge on any atom is 0.237 e. The van der Waals surface area contributed by atoms with Crippen molar-refractivity contribution in [3.8, 4) is 0 Å². The fourth-order valence-corrected chi connectivity index (χ4v) is 7.01. The maximum atomic E-state index is 13.2. The Balaban J connectivity index is 1.28. The molecule has 2 amide bonds. The number of amides is 2. The van der Waals surface area contributed by atoms with Crippen LogP contribution in [0.5, 0.6) is 0 Å². The van der Waals surface area contributed by atoms with Crippen LogP contribution in [0.1, 0.15) is 29.7 Å². The fraction of sp³-hybridized carbons (Fsp3) is 0.500. The predicted octanol–water partition coefficient (Wildman–Crippen LogP) is 2.29. The van der Waals surface area contributed by atoms with Gasteiger partial charge >= 0.3 is 0 Å². The van der Waals surface area contributed by atoms with E-state index in [0.29, 0.717) is 32.6 Å². The summed E-state index contributed by atoms with van der Waals surface area (Å²) in [5.41, 5.74) is 1.08. The molecule has 2 fully saturated rings. The first-order valence-corrected chi connectivity index (χ1v) is 14.2. The Morgan fingerprint density at radius 3 is 2.45 bits per heavy atom. The van der Waals surface area contributed by atoms with Crippen molar-refractivity contribution in [2.75, 3.05) is 31.1 Å². The Morgan fingerprint density at radius 1 is 1.06 bits per heavy atom. The van der Waals surface area contributed by atoms with Gasteiger partial charge in [-0.05, 0) is 49.4 Å². The van der Waals surface area contributed by atoms with E-state index in [1.807, 2.05) is 47.8 Å². The average molecular weight is 490 g/mol. The molecular weight excluding hydrogens is 458 g/mol. The monoisotopic (exact) mass is 489 g/mol. The van der Waals surface area contributed by atoms with E-state index in [1.165, 1.54) is 0 Å². The van der Waals surface area contributed by atoms with Crippen LogP contribution in [-0.4, -0.2) is 67.2 Å². The number of piperidine rings is 1. The number of hydrogen-bond donors (Lipinski definition) is 1. The Hall–Kier alpha value is -2.23. The first kappa shape index (κ1) is 23.9. The summed E-state index contributed by atoms with van der Waals surface area (Å²) in [4.78, 5) is 30.7. The number of rotatable bonds is 8. The summed E-state index contributed by atoms with van der Waals surface area (Å²) in [6.45, 7) is 2.62. The zero-order chi connectivity index (χ0) is 23.3. The summed E-state index contributed by atoms with van der Waals surface area (Å²) in [6, 6.07) is 13.5. The topological polar surface area (TPSA) is 86.8 Å². The van der Waals surface area contributed by atoms with Gasteiger partial charge in [-0.15, -0.1) is 11.3 Å². The van der Waals surface area contributed by atoms with Crippen LogP contribution < -0.4 is 5.32 Å². The van der Waals surface area contributed by atoms with Crippen molar-refractivity contribution in [3.63, 3.8) is 0 Å². The number of carbonyl (C=O) groups excluding carboxylic acids is 2. The molecule has 0 saturated carbocycles. The minimum atomic E-state index is -3.08. The molecule has 1 aromatic carbocycles. The third kappa shape index (κ3) is 6.65. The van der Waals surface area contributed by atoms with Crippen molar-refractivity contribution in [3.05, 3.63) is 58.3 Å². The number of carbonyl (C=O) groups is 2. The molecule has 3 heterocycles. The van der Waals surface area contributed by atoms with Crippen molar-refractivity contribution in [1.82, 2.24) is 15.1 Å². The van der Waals surface area contributed by atoms with E-state index in [2.05, 4.69) is 10.2 Å². The van der Waals surface area contributed by atoms with E-state index < -0.39 is 9.84 Å². The normalized spacial score (nSPS) is 21.0. The highest BCUT2D eigenvalue weighted by atomic mass is 32.2. The molecule has 1 aromatic heterocycles. The van der Waals surface area contributed by atoms with Gasteiger partial charge in [-0.2, -0.15) is 0 Å².